The quantitative estimate of drug-likeness (QED) is 0.187. The van der Waals surface area contributed by atoms with Gasteiger partial charge in [0, 0.05) is 16.7 Å². The summed E-state index contributed by atoms with van der Waals surface area (Å²) >= 11 is 0. The van der Waals surface area contributed by atoms with Crippen LogP contribution in [0.4, 0.5) is 0 Å². The molecule has 0 atom stereocenters. The van der Waals surface area contributed by atoms with E-state index in [0.717, 1.165) is 33.2 Å². The van der Waals surface area contributed by atoms with Crippen LogP contribution in [0.15, 0.2) is 188 Å². The van der Waals surface area contributed by atoms with E-state index in [1.54, 1.807) is 0 Å². The first-order valence-electron chi connectivity index (χ1n) is 18.1. The number of hydrogen-bond donors (Lipinski definition) is 0. The lowest BCUT2D eigenvalue weighted by Gasteiger charge is -2.30. The van der Waals surface area contributed by atoms with Crippen LogP contribution >= 0.6 is 0 Å². The van der Waals surface area contributed by atoms with Gasteiger partial charge >= 0.3 is 0 Å². The molecule has 0 fully saturated rings. The van der Waals surface area contributed by atoms with E-state index in [1.165, 1.54) is 49.9 Å². The average Bonchev–Trinajstić information content (AvgIpc) is 3.71. The molecule has 2 aliphatic carbocycles. The number of fused-ring (bicyclic) bond motifs is 11. The van der Waals surface area contributed by atoms with Gasteiger partial charge in [-0.15, -0.1) is 0 Å². The van der Waals surface area contributed by atoms with Crippen molar-refractivity contribution < 1.29 is 0 Å². The Morgan fingerprint density at radius 1 is 0.283 bits per heavy atom. The van der Waals surface area contributed by atoms with E-state index in [1.807, 2.05) is 6.07 Å². The maximum absolute atomic E-state index is 5.33. The highest BCUT2D eigenvalue weighted by Crippen LogP contribution is 2.63. The Bertz CT molecular complexity index is 2860. The van der Waals surface area contributed by atoms with Crippen molar-refractivity contribution >= 4 is 10.8 Å². The van der Waals surface area contributed by atoms with Crippen LogP contribution in [0.1, 0.15) is 22.3 Å². The van der Waals surface area contributed by atoms with Crippen molar-refractivity contribution in [2.45, 2.75) is 5.41 Å². The first-order valence-corrected chi connectivity index (χ1v) is 18.1. The van der Waals surface area contributed by atoms with E-state index in [-0.39, 0.29) is 0 Å². The largest absolute Gasteiger partial charge is 0.208 e. The normalized spacial score (nSPS) is 13.1. The molecule has 0 unspecified atom stereocenters. The number of benzene rings is 8. The highest BCUT2D eigenvalue weighted by molar-refractivity contribution is 5.99. The molecule has 246 valence electrons. The van der Waals surface area contributed by atoms with Crippen LogP contribution < -0.4 is 0 Å². The van der Waals surface area contributed by atoms with Gasteiger partial charge in [0.2, 0.25) is 0 Å². The molecule has 0 N–H and O–H groups in total. The Morgan fingerprint density at radius 3 is 1.51 bits per heavy atom. The third-order valence-electron chi connectivity index (χ3n) is 11.1. The minimum atomic E-state index is -0.448. The van der Waals surface area contributed by atoms with E-state index in [4.69, 9.17) is 15.0 Å². The summed E-state index contributed by atoms with van der Waals surface area (Å²) in [6, 6.07) is 67.3. The molecule has 0 saturated carbocycles. The maximum Gasteiger partial charge on any atom is 0.164 e. The predicted molar refractivity (Wildman–Crippen MR) is 215 cm³/mol. The van der Waals surface area contributed by atoms with E-state index in [0.29, 0.717) is 17.5 Å². The van der Waals surface area contributed by atoms with Crippen LogP contribution in [0, 0.1) is 0 Å². The Balaban J connectivity index is 1.18. The summed E-state index contributed by atoms with van der Waals surface area (Å²) in [5.74, 6) is 1.95. The maximum atomic E-state index is 5.33. The van der Waals surface area contributed by atoms with Crippen molar-refractivity contribution in [1.82, 2.24) is 15.0 Å². The third kappa shape index (κ3) is 4.38. The van der Waals surface area contributed by atoms with Gasteiger partial charge in [0.05, 0.1) is 5.41 Å². The summed E-state index contributed by atoms with van der Waals surface area (Å²) in [6.07, 6.45) is 0. The standard InChI is InChI=1S/C50H31N3/c1-2-14-32(15-3-1)35-18-12-19-36(30-35)47-51-48(37-29-28-33-16-4-5-17-34(33)31-37)53-49(52-47)41-23-13-27-45-46(41)40-22-8-11-26-44(40)50(45)42-24-9-6-20-38(42)39-21-7-10-25-43(39)50/h1-31H. The summed E-state index contributed by atoms with van der Waals surface area (Å²) in [5, 5.41) is 2.33. The van der Waals surface area contributed by atoms with Crippen LogP contribution in [0.3, 0.4) is 0 Å². The SMILES string of the molecule is c1ccc(-c2cccc(-c3nc(-c4ccc5ccccc5c4)nc(-c4cccc5c4-c4ccccc4C54c5ccccc5-c5ccccc54)n3)c2)cc1. The predicted octanol–water partition coefficient (Wildman–Crippen LogP) is 12.0. The van der Waals surface area contributed by atoms with Gasteiger partial charge in [-0.05, 0) is 78.5 Å². The second-order valence-corrected chi connectivity index (χ2v) is 13.9. The highest BCUT2D eigenvalue weighted by Gasteiger charge is 2.52. The zero-order chi connectivity index (χ0) is 34.9. The van der Waals surface area contributed by atoms with Crippen molar-refractivity contribution in [3.8, 4) is 67.5 Å². The van der Waals surface area contributed by atoms with E-state index in [9.17, 15) is 0 Å². The molecule has 3 nitrogen and oxygen atoms in total. The highest BCUT2D eigenvalue weighted by atomic mass is 15.0. The molecule has 53 heavy (non-hydrogen) atoms. The number of aromatic nitrogens is 3. The summed E-state index contributed by atoms with van der Waals surface area (Å²) in [6.45, 7) is 0. The Hall–Kier alpha value is -6.97. The molecular formula is C50H31N3. The molecular weight excluding hydrogens is 643 g/mol. The smallest absolute Gasteiger partial charge is 0.164 e. The van der Waals surface area contributed by atoms with Crippen LogP contribution in [0.5, 0.6) is 0 Å². The molecule has 1 spiro atoms. The van der Waals surface area contributed by atoms with Gasteiger partial charge in [0.25, 0.3) is 0 Å². The zero-order valence-electron chi connectivity index (χ0n) is 28.7. The summed E-state index contributed by atoms with van der Waals surface area (Å²) < 4.78 is 0. The average molecular weight is 674 g/mol. The molecule has 0 radical (unpaired) electrons. The van der Waals surface area contributed by atoms with Gasteiger partial charge in [-0.3, -0.25) is 0 Å². The van der Waals surface area contributed by atoms with Gasteiger partial charge < -0.3 is 0 Å². The minimum Gasteiger partial charge on any atom is -0.208 e. The first kappa shape index (κ1) is 29.7. The van der Waals surface area contributed by atoms with Crippen molar-refractivity contribution in [1.29, 1.82) is 0 Å². The molecule has 9 aromatic rings. The number of nitrogens with zero attached hydrogens (tertiary/aromatic N) is 3. The van der Waals surface area contributed by atoms with Crippen molar-refractivity contribution in [3.63, 3.8) is 0 Å². The molecule has 2 aliphatic rings. The fraction of sp³-hybridized carbons (Fsp3) is 0.0200. The zero-order valence-corrected chi connectivity index (χ0v) is 28.7. The van der Waals surface area contributed by atoms with Crippen LogP contribution in [0.2, 0.25) is 0 Å². The minimum absolute atomic E-state index is 0.448. The summed E-state index contributed by atoms with van der Waals surface area (Å²) in [5.41, 5.74) is 14.9. The molecule has 8 aromatic carbocycles. The molecule has 0 aliphatic heterocycles. The molecule has 0 bridgehead atoms. The molecule has 1 aromatic heterocycles. The lowest BCUT2D eigenvalue weighted by molar-refractivity contribution is 0.794. The van der Waals surface area contributed by atoms with Crippen molar-refractivity contribution in [2.75, 3.05) is 0 Å². The Morgan fingerprint density at radius 2 is 0.774 bits per heavy atom. The molecule has 1 heterocycles. The first-order chi connectivity index (χ1) is 26.3. The van der Waals surface area contributed by atoms with Gasteiger partial charge in [-0.1, -0.05) is 176 Å². The van der Waals surface area contributed by atoms with E-state index >= 15 is 0 Å². The summed E-state index contributed by atoms with van der Waals surface area (Å²) in [4.78, 5) is 15.8. The molecule has 0 amide bonds. The third-order valence-corrected chi connectivity index (χ3v) is 11.1. The van der Waals surface area contributed by atoms with Crippen molar-refractivity contribution in [3.05, 3.63) is 210 Å². The van der Waals surface area contributed by atoms with Gasteiger partial charge in [0.1, 0.15) is 0 Å². The molecule has 11 rings (SSSR count). The van der Waals surface area contributed by atoms with Crippen LogP contribution in [0.25, 0.3) is 78.3 Å². The van der Waals surface area contributed by atoms with Crippen molar-refractivity contribution in [2.24, 2.45) is 0 Å². The lowest BCUT2D eigenvalue weighted by atomic mass is 9.70. The second kappa shape index (κ2) is 11.5. The Kier molecular flexibility index (Phi) is 6.47. The topological polar surface area (TPSA) is 38.7 Å². The monoisotopic (exact) mass is 673 g/mol. The number of rotatable bonds is 4. The van der Waals surface area contributed by atoms with E-state index < -0.39 is 5.41 Å². The fourth-order valence-electron chi connectivity index (χ4n) is 8.88. The van der Waals surface area contributed by atoms with Crippen LogP contribution in [-0.4, -0.2) is 15.0 Å². The van der Waals surface area contributed by atoms with E-state index in [2.05, 4.69) is 182 Å². The fourth-order valence-corrected chi connectivity index (χ4v) is 8.88. The number of hydrogen-bond acceptors (Lipinski definition) is 3. The second-order valence-electron chi connectivity index (χ2n) is 13.9. The molecule has 0 saturated heterocycles. The Labute approximate surface area is 308 Å². The molecule has 3 heteroatoms. The van der Waals surface area contributed by atoms with Gasteiger partial charge in [0.15, 0.2) is 17.5 Å². The lowest BCUT2D eigenvalue weighted by Crippen LogP contribution is -2.25. The summed E-state index contributed by atoms with van der Waals surface area (Å²) in [7, 11) is 0. The van der Waals surface area contributed by atoms with Gasteiger partial charge in [-0.25, -0.2) is 15.0 Å². The van der Waals surface area contributed by atoms with Gasteiger partial charge in [-0.2, -0.15) is 0 Å². The van der Waals surface area contributed by atoms with Crippen LogP contribution in [-0.2, 0) is 5.41 Å².